The van der Waals surface area contributed by atoms with Gasteiger partial charge in [-0.15, -0.1) is 0 Å². The van der Waals surface area contributed by atoms with Gasteiger partial charge in [0.1, 0.15) is 0 Å². The smallest absolute Gasteiger partial charge is 0.312 e. The number of hydrogen-bond acceptors (Lipinski definition) is 1. The molecule has 0 bridgehead atoms. The summed E-state index contributed by atoms with van der Waals surface area (Å²) in [6.45, 7) is 2.93. The lowest BCUT2D eigenvalue weighted by Crippen LogP contribution is -2.43. The third kappa shape index (κ3) is 1.85. The molecule has 2 amide bonds. The minimum atomic E-state index is -0.398. The number of rotatable bonds is 3. The summed E-state index contributed by atoms with van der Waals surface area (Å²) in [6.07, 6.45) is 4.93. The van der Waals surface area contributed by atoms with Gasteiger partial charge < -0.3 is 11.1 Å². The van der Waals surface area contributed by atoms with Crippen LogP contribution in [0.15, 0.2) is 0 Å². The Morgan fingerprint density at radius 3 is 2.55 bits per heavy atom. The summed E-state index contributed by atoms with van der Waals surface area (Å²) in [6, 6.07) is -0.398. The SMILES string of the molecule is CCC1(CNC(N)=O)CCC1. The molecule has 64 valence electrons. The molecule has 11 heavy (non-hydrogen) atoms. The van der Waals surface area contributed by atoms with Crippen molar-refractivity contribution in [1.82, 2.24) is 5.32 Å². The van der Waals surface area contributed by atoms with Gasteiger partial charge in [-0.2, -0.15) is 0 Å². The molecule has 0 aromatic rings. The van der Waals surface area contributed by atoms with Gasteiger partial charge in [-0.05, 0) is 24.7 Å². The van der Waals surface area contributed by atoms with Gasteiger partial charge in [0.25, 0.3) is 0 Å². The van der Waals surface area contributed by atoms with Crippen molar-refractivity contribution in [2.45, 2.75) is 32.6 Å². The van der Waals surface area contributed by atoms with Crippen molar-refractivity contribution >= 4 is 6.03 Å². The molecule has 0 saturated heterocycles. The van der Waals surface area contributed by atoms with Crippen molar-refractivity contribution in [1.29, 1.82) is 0 Å². The quantitative estimate of drug-likeness (QED) is 0.634. The molecular formula is C8H16N2O. The van der Waals surface area contributed by atoms with Crippen molar-refractivity contribution in [2.75, 3.05) is 6.54 Å². The van der Waals surface area contributed by atoms with E-state index in [0.29, 0.717) is 5.41 Å². The zero-order valence-corrected chi connectivity index (χ0v) is 7.02. The van der Waals surface area contributed by atoms with Gasteiger partial charge in [0.2, 0.25) is 0 Å². The molecule has 1 aliphatic carbocycles. The molecule has 1 rings (SSSR count). The van der Waals surface area contributed by atoms with Gasteiger partial charge in [0.05, 0.1) is 0 Å². The van der Waals surface area contributed by atoms with Crippen LogP contribution in [0.5, 0.6) is 0 Å². The lowest BCUT2D eigenvalue weighted by atomic mass is 9.67. The summed E-state index contributed by atoms with van der Waals surface area (Å²) in [5.74, 6) is 0. The van der Waals surface area contributed by atoms with Gasteiger partial charge in [-0.25, -0.2) is 4.79 Å². The molecule has 3 N–H and O–H groups in total. The molecule has 1 fully saturated rings. The first-order valence-corrected chi connectivity index (χ1v) is 4.22. The molecule has 0 heterocycles. The van der Waals surface area contributed by atoms with E-state index in [2.05, 4.69) is 12.2 Å². The molecule has 0 aromatic heterocycles. The molecule has 0 radical (unpaired) electrons. The van der Waals surface area contributed by atoms with Gasteiger partial charge in [0.15, 0.2) is 0 Å². The van der Waals surface area contributed by atoms with Gasteiger partial charge in [-0.1, -0.05) is 13.3 Å². The average molecular weight is 156 g/mol. The number of urea groups is 1. The molecule has 0 atom stereocenters. The number of carbonyl (C=O) groups is 1. The standard InChI is InChI=1S/C8H16N2O/c1-2-8(4-3-5-8)6-10-7(9)11/h2-6H2,1H3,(H3,9,10,11). The third-order valence-electron chi connectivity index (χ3n) is 2.80. The Labute approximate surface area is 67.3 Å². The highest BCUT2D eigenvalue weighted by molar-refractivity contribution is 5.71. The van der Waals surface area contributed by atoms with Crippen LogP contribution in [0.2, 0.25) is 0 Å². The minimum absolute atomic E-state index is 0.384. The zero-order chi connectivity index (χ0) is 8.32. The molecular weight excluding hydrogens is 140 g/mol. The largest absolute Gasteiger partial charge is 0.352 e. The van der Waals surface area contributed by atoms with Crippen LogP contribution in [-0.4, -0.2) is 12.6 Å². The highest BCUT2D eigenvalue weighted by Gasteiger charge is 2.34. The molecule has 3 heteroatoms. The summed E-state index contributed by atoms with van der Waals surface area (Å²) >= 11 is 0. The predicted molar refractivity (Wildman–Crippen MR) is 44.2 cm³/mol. The van der Waals surface area contributed by atoms with E-state index in [1.54, 1.807) is 0 Å². The third-order valence-corrected chi connectivity index (χ3v) is 2.80. The van der Waals surface area contributed by atoms with Crippen molar-refractivity contribution in [2.24, 2.45) is 11.1 Å². The first-order chi connectivity index (χ1) is 5.18. The van der Waals surface area contributed by atoms with E-state index in [1.165, 1.54) is 19.3 Å². The fraction of sp³-hybridized carbons (Fsp3) is 0.875. The summed E-state index contributed by atoms with van der Waals surface area (Å²) in [7, 11) is 0. The number of nitrogens with one attached hydrogen (secondary N) is 1. The Morgan fingerprint density at radius 2 is 2.27 bits per heavy atom. The van der Waals surface area contributed by atoms with Gasteiger partial charge >= 0.3 is 6.03 Å². The minimum Gasteiger partial charge on any atom is -0.352 e. The van der Waals surface area contributed by atoms with Crippen LogP contribution in [-0.2, 0) is 0 Å². The molecule has 0 aliphatic heterocycles. The first-order valence-electron chi connectivity index (χ1n) is 4.22. The maximum absolute atomic E-state index is 10.4. The van der Waals surface area contributed by atoms with E-state index in [0.717, 1.165) is 13.0 Å². The Morgan fingerprint density at radius 1 is 1.64 bits per heavy atom. The number of carbonyl (C=O) groups excluding carboxylic acids is 1. The predicted octanol–water partition coefficient (Wildman–Crippen LogP) is 1.23. The van der Waals surface area contributed by atoms with E-state index in [-0.39, 0.29) is 0 Å². The second kappa shape index (κ2) is 3.11. The topological polar surface area (TPSA) is 55.1 Å². The van der Waals surface area contributed by atoms with Crippen molar-refractivity contribution in [3.63, 3.8) is 0 Å². The van der Waals surface area contributed by atoms with Gasteiger partial charge in [0, 0.05) is 6.54 Å². The van der Waals surface area contributed by atoms with Crippen LogP contribution < -0.4 is 11.1 Å². The van der Waals surface area contributed by atoms with E-state index in [1.807, 2.05) is 0 Å². The van der Waals surface area contributed by atoms with Crippen LogP contribution in [0, 0.1) is 5.41 Å². The Hall–Kier alpha value is -0.730. The van der Waals surface area contributed by atoms with Crippen LogP contribution in [0.25, 0.3) is 0 Å². The number of hydrogen-bond donors (Lipinski definition) is 2. The van der Waals surface area contributed by atoms with Crippen molar-refractivity contribution in [3.8, 4) is 0 Å². The van der Waals surface area contributed by atoms with E-state index < -0.39 is 6.03 Å². The maximum atomic E-state index is 10.4. The lowest BCUT2D eigenvalue weighted by molar-refractivity contribution is 0.127. The van der Waals surface area contributed by atoms with Crippen LogP contribution in [0.4, 0.5) is 4.79 Å². The van der Waals surface area contributed by atoms with Crippen LogP contribution in [0.3, 0.4) is 0 Å². The normalized spacial score (nSPS) is 20.5. The maximum Gasteiger partial charge on any atom is 0.312 e. The molecule has 1 aliphatic rings. The van der Waals surface area contributed by atoms with E-state index >= 15 is 0 Å². The van der Waals surface area contributed by atoms with Crippen molar-refractivity contribution in [3.05, 3.63) is 0 Å². The first kappa shape index (κ1) is 8.37. The summed E-state index contributed by atoms with van der Waals surface area (Å²) in [4.78, 5) is 10.4. The second-order valence-corrected chi connectivity index (χ2v) is 3.42. The average Bonchev–Trinajstić information content (AvgIpc) is 1.86. The Bertz CT molecular complexity index is 147. The van der Waals surface area contributed by atoms with Gasteiger partial charge in [-0.3, -0.25) is 0 Å². The monoisotopic (exact) mass is 156 g/mol. The highest BCUT2D eigenvalue weighted by Crippen LogP contribution is 2.42. The number of amides is 2. The summed E-state index contributed by atoms with van der Waals surface area (Å²) < 4.78 is 0. The number of primary amides is 1. The fourth-order valence-corrected chi connectivity index (χ4v) is 1.61. The zero-order valence-electron chi connectivity index (χ0n) is 7.02. The molecule has 0 aromatic carbocycles. The van der Waals surface area contributed by atoms with E-state index in [9.17, 15) is 4.79 Å². The Kier molecular flexibility index (Phi) is 2.37. The molecule has 1 saturated carbocycles. The van der Waals surface area contributed by atoms with Crippen LogP contribution >= 0.6 is 0 Å². The Balaban J connectivity index is 2.27. The van der Waals surface area contributed by atoms with E-state index in [4.69, 9.17) is 5.73 Å². The van der Waals surface area contributed by atoms with Crippen LogP contribution in [0.1, 0.15) is 32.6 Å². The summed E-state index contributed by atoms with van der Waals surface area (Å²) in [5.41, 5.74) is 5.37. The lowest BCUT2D eigenvalue weighted by Gasteiger charge is -2.41. The number of nitrogens with two attached hydrogens (primary N) is 1. The summed E-state index contributed by atoms with van der Waals surface area (Å²) in [5, 5.41) is 2.68. The molecule has 0 unspecified atom stereocenters. The second-order valence-electron chi connectivity index (χ2n) is 3.42. The molecule has 0 spiro atoms. The fourth-order valence-electron chi connectivity index (χ4n) is 1.61. The molecule has 3 nitrogen and oxygen atoms in total. The van der Waals surface area contributed by atoms with Crippen molar-refractivity contribution < 1.29 is 4.79 Å². The highest BCUT2D eigenvalue weighted by atomic mass is 16.2.